The molecule has 0 aliphatic carbocycles. The van der Waals surface area contributed by atoms with Gasteiger partial charge in [0.1, 0.15) is 42.6 Å². The van der Waals surface area contributed by atoms with E-state index in [1.807, 2.05) is 0 Å². The molecule has 0 saturated carbocycles. The molecule has 2 rings (SSSR count). The maximum Gasteiger partial charge on any atom is 0.338 e. The molecule has 2 aliphatic heterocycles. The summed E-state index contributed by atoms with van der Waals surface area (Å²) in [6.07, 6.45) is -18.6. The Morgan fingerprint density at radius 2 is 1.57 bits per heavy atom. The fourth-order valence-electron chi connectivity index (χ4n) is 4.87. The van der Waals surface area contributed by atoms with E-state index in [2.05, 4.69) is 10.6 Å². The molecule has 0 aromatic carbocycles. The largest absolute Gasteiger partial charge is 0.480 e. The number of carboxylic acid groups (broad SMARTS) is 2. The lowest BCUT2D eigenvalue weighted by Gasteiger charge is -2.49. The summed E-state index contributed by atoms with van der Waals surface area (Å²) in [6, 6.07) is -4.50. The summed E-state index contributed by atoms with van der Waals surface area (Å²) in [4.78, 5) is 46.9. The van der Waals surface area contributed by atoms with E-state index >= 15 is 0 Å². The zero-order chi connectivity index (χ0) is 32.1. The highest BCUT2D eigenvalue weighted by molar-refractivity contribution is 5.79. The summed E-state index contributed by atoms with van der Waals surface area (Å²) >= 11 is 0. The second-order valence-corrected chi connectivity index (χ2v) is 10.3. The Morgan fingerprint density at radius 1 is 1.00 bits per heavy atom. The predicted molar refractivity (Wildman–Crippen MR) is 133 cm³/mol. The molecule has 2 heterocycles. The summed E-state index contributed by atoms with van der Waals surface area (Å²) in [6.45, 7) is 0.425. The second-order valence-electron chi connectivity index (χ2n) is 10.3. The number of ether oxygens (including phenoxy) is 3. The van der Waals surface area contributed by atoms with Crippen LogP contribution in [0.4, 0.5) is 0 Å². The van der Waals surface area contributed by atoms with Gasteiger partial charge in [-0.3, -0.25) is 14.4 Å². The number of amides is 2. The van der Waals surface area contributed by atoms with Crippen molar-refractivity contribution < 1.29 is 79.3 Å². The quantitative estimate of drug-likeness (QED) is 0.0918. The number of aliphatic carboxylic acids is 2. The first-order chi connectivity index (χ1) is 19.5. The summed E-state index contributed by atoms with van der Waals surface area (Å²) in [5, 5.41) is 96.8. The Kier molecular flexibility index (Phi) is 12.5. The first-order valence-corrected chi connectivity index (χ1v) is 12.9. The molecule has 2 fully saturated rings. The van der Waals surface area contributed by atoms with Gasteiger partial charge in [0.05, 0.1) is 37.6 Å². The SMILES string of the molecule is CC(=O)N[C@H]1[C@@H](OC[C@H](N)C(=O)O)O[C@H](CC(O)[C@]2(C(=O)O)C[C@H](O)[C@@H](NC(C)=O)[C@H]([C@H](O)[C@H](O)CO)O2)[C@H](O)[C@@H]1O. The molecule has 2 saturated heterocycles. The normalized spacial score (nSPS) is 36.2. The molecule has 0 aromatic heterocycles. The first kappa shape index (κ1) is 35.6. The van der Waals surface area contributed by atoms with Crippen molar-refractivity contribution in [3.05, 3.63) is 0 Å². The molecule has 242 valence electrons. The Balaban J connectivity index is 2.39. The topological polar surface area (TPSA) is 328 Å². The van der Waals surface area contributed by atoms with Gasteiger partial charge in [-0.2, -0.15) is 0 Å². The Labute approximate surface area is 238 Å². The van der Waals surface area contributed by atoms with Crippen LogP contribution in [0.2, 0.25) is 0 Å². The molecule has 13 N–H and O–H groups in total. The zero-order valence-corrected chi connectivity index (χ0v) is 22.7. The van der Waals surface area contributed by atoms with E-state index in [1.54, 1.807) is 0 Å². The highest BCUT2D eigenvalue weighted by Crippen LogP contribution is 2.38. The number of nitrogens with two attached hydrogens (primary N) is 1. The molecule has 0 aromatic rings. The smallest absolute Gasteiger partial charge is 0.338 e. The minimum Gasteiger partial charge on any atom is -0.480 e. The molecule has 19 heteroatoms. The van der Waals surface area contributed by atoms with Gasteiger partial charge in [0.25, 0.3) is 0 Å². The van der Waals surface area contributed by atoms with Gasteiger partial charge in [-0.1, -0.05) is 0 Å². The number of nitrogens with one attached hydrogen (secondary N) is 2. The number of rotatable bonds is 13. The van der Waals surface area contributed by atoms with E-state index in [9.17, 15) is 60.0 Å². The molecule has 0 radical (unpaired) electrons. The third kappa shape index (κ3) is 8.08. The zero-order valence-electron chi connectivity index (χ0n) is 22.7. The third-order valence-corrected chi connectivity index (χ3v) is 7.10. The second kappa shape index (κ2) is 14.8. The van der Waals surface area contributed by atoms with Crippen molar-refractivity contribution in [3.63, 3.8) is 0 Å². The summed E-state index contributed by atoms with van der Waals surface area (Å²) in [7, 11) is 0. The van der Waals surface area contributed by atoms with Crippen LogP contribution >= 0.6 is 0 Å². The standard InChI is InChI=1S/C23H39N3O16/c1-7(28)25-14-10(30)4-23(22(38)39,42-19(14)16(33)11(31)5-27)13(32)3-12-17(34)18(35)15(26-8(2)29)21(41-12)40-6-9(24)20(36)37/h9-19,21,27,30-35H,3-6,24H2,1-2H3,(H,25,28)(H,26,29)(H,36,37)(H,38,39)/t9-,10-,11+,12+,13?,14+,15+,16+,17-,18+,19+,21-,23-/m0/s1. The van der Waals surface area contributed by atoms with E-state index in [4.69, 9.17) is 25.1 Å². The lowest BCUT2D eigenvalue weighted by Crippen LogP contribution is -2.70. The van der Waals surface area contributed by atoms with Gasteiger partial charge in [-0.25, -0.2) is 4.79 Å². The van der Waals surface area contributed by atoms with Gasteiger partial charge >= 0.3 is 11.9 Å². The predicted octanol–water partition coefficient (Wildman–Crippen LogP) is -6.69. The van der Waals surface area contributed by atoms with E-state index < -0.39 is 129 Å². The molecule has 19 nitrogen and oxygen atoms in total. The fraction of sp³-hybridized carbons (Fsp3) is 0.826. The monoisotopic (exact) mass is 613 g/mol. The van der Waals surface area contributed by atoms with Crippen molar-refractivity contribution >= 4 is 23.8 Å². The van der Waals surface area contributed by atoms with E-state index in [0.29, 0.717) is 0 Å². The first-order valence-electron chi connectivity index (χ1n) is 12.9. The van der Waals surface area contributed by atoms with Crippen LogP contribution in [0.25, 0.3) is 0 Å². The van der Waals surface area contributed by atoms with Gasteiger partial charge in [0.15, 0.2) is 11.9 Å². The molecular weight excluding hydrogens is 574 g/mol. The van der Waals surface area contributed by atoms with Crippen LogP contribution in [-0.4, -0.2) is 162 Å². The van der Waals surface area contributed by atoms with Crippen LogP contribution < -0.4 is 16.4 Å². The molecular formula is C23H39N3O16. The lowest BCUT2D eigenvalue weighted by molar-refractivity contribution is -0.282. The Hall–Kier alpha value is -2.56. The maximum absolute atomic E-state index is 12.5. The van der Waals surface area contributed by atoms with Crippen molar-refractivity contribution in [2.45, 2.75) is 106 Å². The molecule has 13 atom stereocenters. The van der Waals surface area contributed by atoms with E-state index in [1.165, 1.54) is 0 Å². The molecule has 42 heavy (non-hydrogen) atoms. The minimum absolute atomic E-state index is 0.681. The van der Waals surface area contributed by atoms with Crippen molar-refractivity contribution in [1.82, 2.24) is 10.6 Å². The summed E-state index contributed by atoms with van der Waals surface area (Å²) < 4.78 is 16.5. The minimum atomic E-state index is -2.76. The van der Waals surface area contributed by atoms with Crippen LogP contribution in [0, 0.1) is 0 Å². The van der Waals surface area contributed by atoms with Crippen molar-refractivity contribution in [2.24, 2.45) is 5.73 Å². The third-order valence-electron chi connectivity index (χ3n) is 7.10. The van der Waals surface area contributed by atoms with E-state index in [0.717, 1.165) is 13.8 Å². The number of hydrogen-bond donors (Lipinski definition) is 12. The van der Waals surface area contributed by atoms with Gasteiger partial charge in [0, 0.05) is 26.7 Å². The average molecular weight is 614 g/mol. The number of carboxylic acids is 2. The van der Waals surface area contributed by atoms with Crippen LogP contribution in [0.5, 0.6) is 0 Å². The van der Waals surface area contributed by atoms with Gasteiger partial charge < -0.3 is 76.5 Å². The number of carbonyl (C=O) groups is 4. The van der Waals surface area contributed by atoms with E-state index in [-0.39, 0.29) is 0 Å². The van der Waals surface area contributed by atoms with Crippen molar-refractivity contribution in [1.29, 1.82) is 0 Å². The van der Waals surface area contributed by atoms with Gasteiger partial charge in [-0.15, -0.1) is 0 Å². The average Bonchev–Trinajstić information content (AvgIpc) is 2.91. The Bertz CT molecular complexity index is 972. The maximum atomic E-state index is 12.5. The number of aliphatic hydroxyl groups is 7. The number of carbonyl (C=O) groups excluding carboxylic acids is 2. The molecule has 2 amide bonds. The summed E-state index contributed by atoms with van der Waals surface area (Å²) in [5.74, 6) is -4.74. The highest BCUT2D eigenvalue weighted by Gasteiger charge is 2.59. The van der Waals surface area contributed by atoms with Crippen LogP contribution in [-0.2, 0) is 33.4 Å². The molecule has 2 aliphatic rings. The molecule has 1 unspecified atom stereocenters. The molecule has 0 bridgehead atoms. The van der Waals surface area contributed by atoms with Crippen LogP contribution in [0.3, 0.4) is 0 Å². The van der Waals surface area contributed by atoms with Crippen molar-refractivity contribution in [3.8, 4) is 0 Å². The fourth-order valence-corrected chi connectivity index (χ4v) is 4.87. The highest BCUT2D eigenvalue weighted by atomic mass is 16.7. The van der Waals surface area contributed by atoms with Gasteiger partial charge in [0.2, 0.25) is 11.8 Å². The van der Waals surface area contributed by atoms with Crippen LogP contribution in [0.15, 0.2) is 0 Å². The van der Waals surface area contributed by atoms with Crippen molar-refractivity contribution in [2.75, 3.05) is 13.2 Å². The van der Waals surface area contributed by atoms with Gasteiger partial charge in [-0.05, 0) is 0 Å². The lowest BCUT2D eigenvalue weighted by atomic mass is 9.78. The molecule has 0 spiro atoms. The van der Waals surface area contributed by atoms with Crippen LogP contribution in [0.1, 0.15) is 26.7 Å². The Morgan fingerprint density at radius 3 is 2.07 bits per heavy atom. The summed E-state index contributed by atoms with van der Waals surface area (Å²) in [5.41, 5.74) is 2.66. The number of aliphatic hydroxyl groups excluding tert-OH is 7. The number of hydrogen-bond acceptors (Lipinski definition) is 15.